The van der Waals surface area contributed by atoms with Gasteiger partial charge in [-0.3, -0.25) is 4.79 Å². The summed E-state index contributed by atoms with van der Waals surface area (Å²) >= 11 is 0. The van der Waals surface area contributed by atoms with Gasteiger partial charge in [-0.05, 0) is 43.5 Å². The molecule has 0 unspecified atom stereocenters. The average Bonchev–Trinajstić information content (AvgIpc) is 3.05. The normalized spacial score (nSPS) is 14.3. The van der Waals surface area contributed by atoms with E-state index < -0.39 is 0 Å². The molecule has 0 bridgehead atoms. The van der Waals surface area contributed by atoms with Crippen molar-refractivity contribution < 1.29 is 18.8 Å². The van der Waals surface area contributed by atoms with Crippen LogP contribution in [-0.4, -0.2) is 29.3 Å². The van der Waals surface area contributed by atoms with Crippen molar-refractivity contribution in [2.75, 3.05) is 13.2 Å². The molecule has 1 aliphatic rings. The number of hydrogen-bond donors (Lipinski definition) is 1. The van der Waals surface area contributed by atoms with Crippen LogP contribution < -0.4 is 14.8 Å². The van der Waals surface area contributed by atoms with Gasteiger partial charge >= 0.3 is 0 Å². The van der Waals surface area contributed by atoms with Crippen molar-refractivity contribution in [3.63, 3.8) is 0 Å². The van der Waals surface area contributed by atoms with Crippen molar-refractivity contribution >= 4 is 17.0 Å². The largest absolute Gasteiger partial charge is 0.486 e. The molecule has 0 saturated carbocycles. The van der Waals surface area contributed by atoms with Crippen LogP contribution in [0.3, 0.4) is 0 Å². The van der Waals surface area contributed by atoms with Crippen LogP contribution in [0.2, 0.25) is 0 Å². The van der Waals surface area contributed by atoms with Crippen LogP contribution in [0.1, 0.15) is 47.2 Å². The Bertz CT molecular complexity index is 1040. The first kappa shape index (κ1) is 18.3. The lowest BCUT2D eigenvalue weighted by Crippen LogP contribution is -2.32. The molecule has 3 aromatic rings. The molecule has 4 rings (SSSR count). The number of nitrogens with zero attached hydrogens (tertiary/aromatic N) is 2. The molecule has 2 aromatic heterocycles. The van der Waals surface area contributed by atoms with Crippen LogP contribution in [0.4, 0.5) is 0 Å². The van der Waals surface area contributed by atoms with Gasteiger partial charge in [0.1, 0.15) is 13.2 Å². The van der Waals surface area contributed by atoms with Crippen molar-refractivity contribution in [3.8, 4) is 11.5 Å². The first-order valence-electron chi connectivity index (χ1n) is 9.38. The second-order valence-electron chi connectivity index (χ2n) is 7.36. The summed E-state index contributed by atoms with van der Waals surface area (Å²) in [5, 5.41) is 7.76. The quantitative estimate of drug-likeness (QED) is 0.741. The van der Waals surface area contributed by atoms with E-state index in [2.05, 4.69) is 29.3 Å². The Morgan fingerprint density at radius 2 is 1.86 bits per heavy atom. The SMILES string of the molecule is Cc1cc(C(=O)N[C@@H](c2ccc3c(c2)OCCO3)C(C)C)c2c(C)noc2n1. The minimum Gasteiger partial charge on any atom is -0.486 e. The van der Waals surface area contributed by atoms with Crippen LogP contribution in [0.25, 0.3) is 11.1 Å². The van der Waals surface area contributed by atoms with Gasteiger partial charge in [-0.15, -0.1) is 0 Å². The molecular formula is C21H23N3O4. The molecule has 7 heteroatoms. The zero-order valence-electron chi connectivity index (χ0n) is 16.4. The predicted molar refractivity (Wildman–Crippen MR) is 104 cm³/mol. The fourth-order valence-electron chi connectivity index (χ4n) is 3.50. The first-order valence-corrected chi connectivity index (χ1v) is 9.38. The number of amides is 1. The van der Waals surface area contributed by atoms with Crippen LogP contribution in [0, 0.1) is 19.8 Å². The monoisotopic (exact) mass is 381 g/mol. The summed E-state index contributed by atoms with van der Waals surface area (Å²) in [5.41, 5.74) is 3.21. The van der Waals surface area contributed by atoms with Gasteiger partial charge in [0.25, 0.3) is 11.6 Å². The fourth-order valence-corrected chi connectivity index (χ4v) is 3.50. The second-order valence-corrected chi connectivity index (χ2v) is 7.36. The molecule has 0 saturated heterocycles. The number of aryl methyl sites for hydroxylation is 2. The fraction of sp³-hybridized carbons (Fsp3) is 0.381. The molecule has 0 aliphatic carbocycles. The van der Waals surface area contributed by atoms with Crippen molar-refractivity contribution in [2.45, 2.75) is 33.7 Å². The van der Waals surface area contributed by atoms with Gasteiger partial charge in [-0.1, -0.05) is 25.1 Å². The number of carbonyl (C=O) groups excluding carboxylic acids is 1. The van der Waals surface area contributed by atoms with E-state index in [0.29, 0.717) is 47.0 Å². The van der Waals surface area contributed by atoms with Crippen LogP contribution >= 0.6 is 0 Å². The number of hydrogen-bond acceptors (Lipinski definition) is 6. The van der Waals surface area contributed by atoms with E-state index in [9.17, 15) is 4.79 Å². The molecule has 1 aliphatic heterocycles. The molecular weight excluding hydrogens is 358 g/mol. The van der Waals surface area contributed by atoms with Crippen LogP contribution in [0.15, 0.2) is 28.8 Å². The minimum absolute atomic E-state index is 0.175. The Kier molecular flexibility index (Phi) is 4.66. The molecule has 146 valence electrons. The summed E-state index contributed by atoms with van der Waals surface area (Å²) in [6.07, 6.45) is 0. The zero-order chi connectivity index (χ0) is 19.8. The van der Waals surface area contributed by atoms with Crippen molar-refractivity contribution in [3.05, 3.63) is 46.8 Å². The Labute approximate surface area is 163 Å². The lowest BCUT2D eigenvalue weighted by Gasteiger charge is -2.25. The topological polar surface area (TPSA) is 86.5 Å². The molecule has 1 amide bonds. The van der Waals surface area contributed by atoms with Gasteiger partial charge in [0.15, 0.2) is 11.5 Å². The summed E-state index contributed by atoms with van der Waals surface area (Å²) < 4.78 is 16.5. The highest BCUT2D eigenvalue weighted by Crippen LogP contribution is 2.34. The summed E-state index contributed by atoms with van der Waals surface area (Å²) in [6.45, 7) is 8.84. The van der Waals surface area contributed by atoms with Crippen LogP contribution in [0.5, 0.6) is 11.5 Å². The number of aromatic nitrogens is 2. The number of rotatable bonds is 4. The maximum Gasteiger partial charge on any atom is 0.258 e. The van der Waals surface area contributed by atoms with E-state index in [-0.39, 0.29) is 17.9 Å². The van der Waals surface area contributed by atoms with E-state index in [1.165, 1.54) is 0 Å². The molecule has 0 radical (unpaired) electrons. The number of ether oxygens (including phenoxy) is 2. The standard InChI is InChI=1S/C21H23N3O4/c1-11(2)19(14-5-6-16-17(10-14)27-8-7-26-16)23-20(25)15-9-12(3)22-21-18(15)13(4)24-28-21/h5-6,9-11,19H,7-8H2,1-4H3,(H,23,25)/t19-/m1/s1. The van der Waals surface area contributed by atoms with E-state index in [4.69, 9.17) is 14.0 Å². The molecule has 1 N–H and O–H groups in total. The highest BCUT2D eigenvalue weighted by Gasteiger charge is 2.24. The first-order chi connectivity index (χ1) is 13.4. The highest BCUT2D eigenvalue weighted by atomic mass is 16.6. The number of pyridine rings is 1. The maximum atomic E-state index is 13.2. The van der Waals surface area contributed by atoms with Gasteiger partial charge in [0, 0.05) is 5.69 Å². The minimum atomic E-state index is -0.188. The number of nitrogens with one attached hydrogen (secondary N) is 1. The van der Waals surface area contributed by atoms with Crippen molar-refractivity contribution in [1.82, 2.24) is 15.5 Å². The average molecular weight is 381 g/mol. The Morgan fingerprint density at radius 3 is 2.61 bits per heavy atom. The van der Waals surface area contributed by atoms with Crippen molar-refractivity contribution in [1.29, 1.82) is 0 Å². The van der Waals surface area contributed by atoms with E-state index in [1.54, 1.807) is 13.0 Å². The third kappa shape index (κ3) is 3.28. The summed E-state index contributed by atoms with van der Waals surface area (Å²) in [4.78, 5) is 17.5. The van der Waals surface area contributed by atoms with Gasteiger partial charge < -0.3 is 19.3 Å². The Balaban J connectivity index is 1.68. The number of benzene rings is 1. The molecule has 0 spiro atoms. The maximum absolute atomic E-state index is 13.2. The third-order valence-corrected chi connectivity index (χ3v) is 4.87. The summed E-state index contributed by atoms with van der Waals surface area (Å²) in [6, 6.07) is 7.38. The molecule has 0 fully saturated rings. The highest BCUT2D eigenvalue weighted by molar-refractivity contribution is 6.06. The third-order valence-electron chi connectivity index (χ3n) is 4.87. The van der Waals surface area contributed by atoms with Gasteiger partial charge in [-0.2, -0.15) is 0 Å². The zero-order valence-corrected chi connectivity index (χ0v) is 16.4. The number of fused-ring (bicyclic) bond motifs is 2. The molecule has 28 heavy (non-hydrogen) atoms. The number of carbonyl (C=O) groups is 1. The summed E-state index contributed by atoms with van der Waals surface area (Å²) in [7, 11) is 0. The van der Waals surface area contributed by atoms with Crippen molar-refractivity contribution in [2.24, 2.45) is 5.92 Å². The van der Waals surface area contributed by atoms with E-state index in [0.717, 1.165) is 11.3 Å². The predicted octanol–water partition coefficient (Wildman–Crippen LogP) is 3.74. The van der Waals surface area contributed by atoms with Gasteiger partial charge in [0.2, 0.25) is 0 Å². The Morgan fingerprint density at radius 1 is 1.11 bits per heavy atom. The molecule has 1 aromatic carbocycles. The lowest BCUT2D eigenvalue weighted by atomic mass is 9.95. The van der Waals surface area contributed by atoms with Gasteiger partial charge in [-0.25, -0.2) is 4.98 Å². The van der Waals surface area contributed by atoms with E-state index in [1.807, 2.05) is 25.1 Å². The van der Waals surface area contributed by atoms with E-state index >= 15 is 0 Å². The summed E-state index contributed by atoms with van der Waals surface area (Å²) in [5.74, 6) is 1.43. The Hall–Kier alpha value is -3.09. The molecule has 7 nitrogen and oxygen atoms in total. The molecule has 1 atom stereocenters. The molecule has 3 heterocycles. The lowest BCUT2D eigenvalue weighted by molar-refractivity contribution is 0.0926. The van der Waals surface area contributed by atoms with Crippen LogP contribution in [-0.2, 0) is 0 Å². The second kappa shape index (κ2) is 7.14. The smallest absolute Gasteiger partial charge is 0.258 e. The van der Waals surface area contributed by atoms with Gasteiger partial charge in [0.05, 0.1) is 22.7 Å².